The van der Waals surface area contributed by atoms with Gasteiger partial charge in [0.05, 0.1) is 0 Å². The molecule has 0 aliphatic carbocycles. The summed E-state index contributed by atoms with van der Waals surface area (Å²) >= 11 is 5.76. The first-order chi connectivity index (χ1) is 10.0. The van der Waals surface area contributed by atoms with E-state index in [2.05, 4.69) is 15.0 Å². The number of pyridine rings is 1. The summed E-state index contributed by atoms with van der Waals surface area (Å²) in [6, 6.07) is 9.66. The quantitative estimate of drug-likeness (QED) is 0.856. The number of rotatable bonds is 6. The lowest BCUT2D eigenvalue weighted by atomic mass is 10.3. The van der Waals surface area contributed by atoms with Gasteiger partial charge in [0.15, 0.2) is 5.03 Å². The van der Waals surface area contributed by atoms with Crippen molar-refractivity contribution in [3.8, 4) is 0 Å². The zero-order chi connectivity index (χ0) is 15.3. The van der Waals surface area contributed by atoms with Gasteiger partial charge >= 0.3 is 0 Å². The van der Waals surface area contributed by atoms with Crippen LogP contribution in [-0.4, -0.2) is 19.9 Å². The number of hydrogen-bond acceptors (Lipinski definition) is 4. The molecule has 0 spiro atoms. The van der Waals surface area contributed by atoms with Gasteiger partial charge in [-0.25, -0.2) is 4.98 Å². The normalized spacial score (nSPS) is 11.3. The van der Waals surface area contributed by atoms with Crippen LogP contribution >= 0.6 is 11.6 Å². The Balaban J connectivity index is 2.13. The molecule has 0 amide bonds. The topological polar surface area (TPSA) is 71.1 Å². The summed E-state index contributed by atoms with van der Waals surface area (Å²) < 4.78 is 26.8. The summed E-state index contributed by atoms with van der Waals surface area (Å²) in [7, 11) is -3.69. The molecule has 1 aromatic heterocycles. The van der Waals surface area contributed by atoms with Gasteiger partial charge in [-0.2, -0.15) is 8.42 Å². The van der Waals surface area contributed by atoms with Crippen LogP contribution in [0, 0.1) is 0 Å². The molecule has 0 aliphatic heterocycles. The Morgan fingerprint density at radius 3 is 2.43 bits per heavy atom. The minimum atomic E-state index is -3.69. The monoisotopic (exact) mass is 325 g/mol. The van der Waals surface area contributed by atoms with E-state index in [1.54, 1.807) is 36.5 Å². The number of halogens is 1. The fraction of sp³-hybridized carbons (Fsp3) is 0.214. The van der Waals surface area contributed by atoms with Crippen LogP contribution in [0.15, 0.2) is 47.6 Å². The van der Waals surface area contributed by atoms with E-state index in [-0.39, 0.29) is 5.03 Å². The molecule has 0 saturated heterocycles. The molecule has 1 heterocycles. The highest BCUT2D eigenvalue weighted by Gasteiger charge is 2.15. The number of hydrogen-bond donors (Lipinski definition) is 2. The third-order valence-corrected chi connectivity index (χ3v) is 4.30. The smallest absolute Gasteiger partial charge is 0.279 e. The van der Waals surface area contributed by atoms with Crippen LogP contribution < -0.4 is 10.0 Å². The summed E-state index contributed by atoms with van der Waals surface area (Å²) in [6.07, 6.45) is 1.55. The van der Waals surface area contributed by atoms with Crippen molar-refractivity contribution in [1.82, 2.24) is 10.3 Å². The van der Waals surface area contributed by atoms with Crippen LogP contribution in [0.4, 0.5) is 5.69 Å². The molecule has 112 valence electrons. The molecule has 0 aliphatic rings. The third-order valence-electron chi connectivity index (χ3n) is 2.75. The van der Waals surface area contributed by atoms with Gasteiger partial charge < -0.3 is 5.32 Å². The maximum Gasteiger partial charge on any atom is 0.279 e. The van der Waals surface area contributed by atoms with E-state index in [9.17, 15) is 8.42 Å². The fourth-order valence-electron chi connectivity index (χ4n) is 1.67. The van der Waals surface area contributed by atoms with Gasteiger partial charge in [0.2, 0.25) is 0 Å². The second-order valence-corrected chi connectivity index (χ2v) is 6.46. The van der Waals surface area contributed by atoms with Gasteiger partial charge in [-0.05, 0) is 42.4 Å². The molecule has 2 aromatic rings. The summed E-state index contributed by atoms with van der Waals surface area (Å²) in [5.74, 6) is 0. The second-order valence-electron chi connectivity index (χ2n) is 4.40. The van der Waals surface area contributed by atoms with Crippen molar-refractivity contribution in [2.75, 3.05) is 11.3 Å². The minimum Gasteiger partial charge on any atom is -0.313 e. The predicted octanol–water partition coefficient (Wildman–Crippen LogP) is 2.65. The molecule has 0 radical (unpaired) electrons. The average molecular weight is 326 g/mol. The van der Waals surface area contributed by atoms with Gasteiger partial charge in [0.25, 0.3) is 10.0 Å². The first-order valence-corrected chi connectivity index (χ1v) is 8.31. The third kappa shape index (κ3) is 4.42. The number of anilines is 1. The molecule has 0 unspecified atom stereocenters. The highest BCUT2D eigenvalue weighted by atomic mass is 35.5. The molecular formula is C14H16ClN3O2S. The molecule has 0 atom stereocenters. The highest BCUT2D eigenvalue weighted by molar-refractivity contribution is 7.92. The SMILES string of the molecule is CCNCc1ccc(S(=O)(=O)Nc2ccc(Cl)cc2)nc1. The average Bonchev–Trinajstić information content (AvgIpc) is 2.48. The Morgan fingerprint density at radius 2 is 1.86 bits per heavy atom. The van der Waals surface area contributed by atoms with E-state index in [1.165, 1.54) is 6.07 Å². The van der Waals surface area contributed by atoms with Crippen molar-refractivity contribution < 1.29 is 8.42 Å². The molecule has 0 fully saturated rings. The molecule has 0 saturated carbocycles. The number of benzene rings is 1. The molecule has 2 N–H and O–H groups in total. The van der Waals surface area contributed by atoms with Crippen LogP contribution in [-0.2, 0) is 16.6 Å². The number of sulfonamides is 1. The molecular weight excluding hydrogens is 310 g/mol. The fourth-order valence-corrected chi connectivity index (χ4v) is 2.78. The Labute approximate surface area is 129 Å². The Kier molecular flexibility index (Phi) is 5.17. The van der Waals surface area contributed by atoms with Crippen LogP contribution in [0.1, 0.15) is 12.5 Å². The maximum absolute atomic E-state index is 12.2. The lowest BCUT2D eigenvalue weighted by Gasteiger charge is -2.08. The van der Waals surface area contributed by atoms with Crippen LogP contribution in [0.3, 0.4) is 0 Å². The molecule has 7 heteroatoms. The van der Waals surface area contributed by atoms with E-state index >= 15 is 0 Å². The highest BCUT2D eigenvalue weighted by Crippen LogP contribution is 2.17. The van der Waals surface area contributed by atoms with Crippen molar-refractivity contribution in [3.05, 3.63) is 53.2 Å². The summed E-state index contributed by atoms with van der Waals surface area (Å²) in [5, 5.41) is 3.68. The standard InChI is InChI=1S/C14H16ClN3O2S/c1-2-16-9-11-3-8-14(17-10-11)21(19,20)18-13-6-4-12(15)5-7-13/h3-8,10,16,18H,2,9H2,1H3. The Bertz CT molecular complexity index is 685. The van der Waals surface area contributed by atoms with Crippen LogP contribution in [0.5, 0.6) is 0 Å². The largest absolute Gasteiger partial charge is 0.313 e. The van der Waals surface area contributed by atoms with E-state index in [0.29, 0.717) is 17.3 Å². The number of nitrogens with zero attached hydrogens (tertiary/aromatic N) is 1. The van der Waals surface area contributed by atoms with Crippen molar-refractivity contribution in [3.63, 3.8) is 0 Å². The van der Waals surface area contributed by atoms with Crippen molar-refractivity contribution in [2.45, 2.75) is 18.5 Å². The van der Waals surface area contributed by atoms with Gasteiger partial charge in [-0.3, -0.25) is 4.72 Å². The molecule has 1 aromatic carbocycles. The maximum atomic E-state index is 12.2. The molecule has 0 bridgehead atoms. The predicted molar refractivity (Wildman–Crippen MR) is 83.9 cm³/mol. The number of nitrogens with one attached hydrogen (secondary N) is 2. The lowest BCUT2D eigenvalue weighted by Crippen LogP contribution is -2.15. The zero-order valence-corrected chi connectivity index (χ0v) is 13.1. The van der Waals surface area contributed by atoms with Gasteiger partial charge in [-0.15, -0.1) is 0 Å². The van der Waals surface area contributed by atoms with E-state index in [0.717, 1.165) is 12.1 Å². The zero-order valence-electron chi connectivity index (χ0n) is 11.5. The minimum absolute atomic E-state index is 0.0160. The van der Waals surface area contributed by atoms with E-state index in [4.69, 9.17) is 11.6 Å². The van der Waals surface area contributed by atoms with Gasteiger partial charge in [0.1, 0.15) is 0 Å². The first-order valence-electron chi connectivity index (χ1n) is 6.45. The molecule has 2 rings (SSSR count). The summed E-state index contributed by atoms with van der Waals surface area (Å²) in [6.45, 7) is 3.51. The molecule has 5 nitrogen and oxygen atoms in total. The Hall–Kier alpha value is -1.63. The van der Waals surface area contributed by atoms with Gasteiger partial charge in [0, 0.05) is 23.5 Å². The van der Waals surface area contributed by atoms with Crippen molar-refractivity contribution >= 4 is 27.3 Å². The van der Waals surface area contributed by atoms with E-state index < -0.39 is 10.0 Å². The van der Waals surface area contributed by atoms with Gasteiger partial charge in [-0.1, -0.05) is 24.6 Å². The first kappa shape index (κ1) is 15.8. The summed E-state index contributed by atoms with van der Waals surface area (Å²) in [5.41, 5.74) is 1.38. The van der Waals surface area contributed by atoms with Crippen molar-refractivity contribution in [1.29, 1.82) is 0 Å². The molecule has 21 heavy (non-hydrogen) atoms. The van der Waals surface area contributed by atoms with Crippen LogP contribution in [0.2, 0.25) is 5.02 Å². The number of aromatic nitrogens is 1. The van der Waals surface area contributed by atoms with E-state index in [1.807, 2.05) is 6.92 Å². The lowest BCUT2D eigenvalue weighted by molar-refractivity contribution is 0.597. The van der Waals surface area contributed by atoms with Crippen molar-refractivity contribution in [2.24, 2.45) is 0 Å². The van der Waals surface area contributed by atoms with Crippen LogP contribution in [0.25, 0.3) is 0 Å². The Morgan fingerprint density at radius 1 is 1.14 bits per heavy atom. The second kappa shape index (κ2) is 6.89. The summed E-state index contributed by atoms with van der Waals surface area (Å²) in [4.78, 5) is 4.00.